The van der Waals surface area contributed by atoms with Gasteiger partial charge in [-0.1, -0.05) is 12.8 Å². The van der Waals surface area contributed by atoms with E-state index in [1.54, 1.807) is 21.3 Å². The molecule has 0 radical (unpaired) electrons. The van der Waals surface area contributed by atoms with Crippen LogP contribution >= 0.6 is 0 Å². The number of methoxy groups -OCH3 is 3. The molecule has 4 heteroatoms. The molecule has 0 spiro atoms. The molecular weight excluding hydrogens is 266 g/mol. The van der Waals surface area contributed by atoms with E-state index in [1.165, 1.54) is 25.7 Å². The van der Waals surface area contributed by atoms with Gasteiger partial charge in [0.1, 0.15) is 17.2 Å². The van der Waals surface area contributed by atoms with Gasteiger partial charge in [0, 0.05) is 24.7 Å². The molecule has 1 fully saturated rings. The molecule has 0 saturated heterocycles. The number of hydrogen-bond acceptors (Lipinski definition) is 4. The predicted octanol–water partition coefficient (Wildman–Crippen LogP) is 3.38. The van der Waals surface area contributed by atoms with Gasteiger partial charge in [-0.25, -0.2) is 0 Å². The molecule has 118 valence electrons. The molecule has 0 amide bonds. The summed E-state index contributed by atoms with van der Waals surface area (Å²) in [5, 5.41) is 3.63. The molecule has 4 nitrogen and oxygen atoms in total. The zero-order chi connectivity index (χ0) is 15.2. The van der Waals surface area contributed by atoms with Crippen LogP contribution in [0, 0.1) is 5.92 Å². The standard InChI is InChI=1S/C17H27NO3/c1-12(13-7-5-6-8-13)18-11-15-16(20-3)9-14(19-2)10-17(15)21-4/h9-10,12-13,18H,5-8,11H2,1-4H3/t12-/m1/s1. The average Bonchev–Trinajstić information content (AvgIpc) is 3.06. The Hall–Kier alpha value is -1.42. The minimum atomic E-state index is 0.518. The third-order valence-electron chi connectivity index (χ3n) is 4.52. The molecule has 1 aliphatic rings. The van der Waals surface area contributed by atoms with Crippen LogP contribution in [0.4, 0.5) is 0 Å². The summed E-state index contributed by atoms with van der Waals surface area (Å²) < 4.78 is 16.3. The number of hydrogen-bond donors (Lipinski definition) is 1. The third-order valence-corrected chi connectivity index (χ3v) is 4.52. The molecule has 1 aliphatic carbocycles. The van der Waals surface area contributed by atoms with Gasteiger partial charge in [0.25, 0.3) is 0 Å². The highest BCUT2D eigenvalue weighted by atomic mass is 16.5. The molecule has 0 unspecified atom stereocenters. The van der Waals surface area contributed by atoms with E-state index in [4.69, 9.17) is 14.2 Å². The minimum absolute atomic E-state index is 0.518. The van der Waals surface area contributed by atoms with Gasteiger partial charge in [0.15, 0.2) is 0 Å². The maximum atomic E-state index is 5.49. The molecule has 21 heavy (non-hydrogen) atoms. The van der Waals surface area contributed by atoms with E-state index >= 15 is 0 Å². The first kappa shape index (κ1) is 16.0. The summed E-state index contributed by atoms with van der Waals surface area (Å²) in [7, 11) is 5.00. The Morgan fingerprint density at radius 2 is 1.62 bits per heavy atom. The lowest BCUT2D eigenvalue weighted by Gasteiger charge is -2.22. The van der Waals surface area contributed by atoms with Crippen molar-refractivity contribution in [2.24, 2.45) is 5.92 Å². The van der Waals surface area contributed by atoms with E-state index in [9.17, 15) is 0 Å². The van der Waals surface area contributed by atoms with E-state index in [0.29, 0.717) is 6.04 Å². The van der Waals surface area contributed by atoms with Crippen molar-refractivity contribution in [1.29, 1.82) is 0 Å². The number of benzene rings is 1. The summed E-state index contributed by atoms with van der Waals surface area (Å²) in [6.45, 7) is 3.02. The molecule has 2 rings (SSSR count). The first-order valence-corrected chi connectivity index (χ1v) is 7.71. The second-order valence-corrected chi connectivity index (χ2v) is 5.72. The van der Waals surface area contributed by atoms with Gasteiger partial charge in [0.2, 0.25) is 0 Å². The maximum absolute atomic E-state index is 5.49. The first-order chi connectivity index (χ1) is 10.2. The van der Waals surface area contributed by atoms with E-state index in [-0.39, 0.29) is 0 Å². The molecule has 0 aromatic heterocycles. The summed E-state index contributed by atoms with van der Waals surface area (Å²) in [5.74, 6) is 3.14. The molecule has 0 aliphatic heterocycles. The number of ether oxygens (including phenoxy) is 3. The fraction of sp³-hybridized carbons (Fsp3) is 0.647. The van der Waals surface area contributed by atoms with Gasteiger partial charge in [0.05, 0.1) is 26.9 Å². The molecule has 0 heterocycles. The van der Waals surface area contributed by atoms with Crippen molar-refractivity contribution in [3.8, 4) is 17.2 Å². The number of nitrogens with one attached hydrogen (secondary N) is 1. The van der Waals surface area contributed by atoms with Crippen molar-refractivity contribution < 1.29 is 14.2 Å². The van der Waals surface area contributed by atoms with Gasteiger partial charge in [-0.2, -0.15) is 0 Å². The van der Waals surface area contributed by atoms with Gasteiger partial charge < -0.3 is 19.5 Å². The fourth-order valence-electron chi connectivity index (χ4n) is 3.14. The van der Waals surface area contributed by atoms with Crippen LogP contribution in [0.25, 0.3) is 0 Å². The summed E-state index contributed by atoms with van der Waals surface area (Å²) in [5.41, 5.74) is 1.05. The lowest BCUT2D eigenvalue weighted by molar-refractivity contribution is 0.351. The summed E-state index contributed by atoms with van der Waals surface area (Å²) in [6.07, 6.45) is 5.41. The zero-order valence-electron chi connectivity index (χ0n) is 13.6. The SMILES string of the molecule is COc1cc(OC)c(CN[C@H](C)C2CCCC2)c(OC)c1. The Labute approximate surface area is 127 Å². The van der Waals surface area contributed by atoms with Crippen LogP contribution in [0.1, 0.15) is 38.2 Å². The molecule has 0 bridgehead atoms. The molecule has 1 N–H and O–H groups in total. The van der Waals surface area contributed by atoms with Crippen molar-refractivity contribution in [2.45, 2.75) is 45.2 Å². The monoisotopic (exact) mass is 293 g/mol. The molecule has 1 saturated carbocycles. The van der Waals surface area contributed by atoms with Crippen molar-refractivity contribution in [1.82, 2.24) is 5.32 Å². The topological polar surface area (TPSA) is 39.7 Å². The van der Waals surface area contributed by atoms with Gasteiger partial charge in [-0.3, -0.25) is 0 Å². The van der Waals surface area contributed by atoms with Gasteiger partial charge in [-0.05, 0) is 25.7 Å². The van der Waals surface area contributed by atoms with Crippen LogP contribution in [-0.4, -0.2) is 27.4 Å². The maximum Gasteiger partial charge on any atom is 0.130 e. The lowest BCUT2D eigenvalue weighted by atomic mass is 9.99. The molecule has 1 atom stereocenters. The van der Waals surface area contributed by atoms with E-state index < -0.39 is 0 Å². The molecular formula is C17H27NO3. The highest BCUT2D eigenvalue weighted by Gasteiger charge is 2.22. The Morgan fingerprint density at radius 1 is 1.05 bits per heavy atom. The second-order valence-electron chi connectivity index (χ2n) is 5.72. The summed E-state index contributed by atoms with van der Waals surface area (Å²) in [4.78, 5) is 0. The first-order valence-electron chi connectivity index (χ1n) is 7.71. The van der Waals surface area contributed by atoms with Crippen molar-refractivity contribution in [3.05, 3.63) is 17.7 Å². The van der Waals surface area contributed by atoms with Crippen LogP contribution < -0.4 is 19.5 Å². The van der Waals surface area contributed by atoms with E-state index in [2.05, 4.69) is 12.2 Å². The Kier molecular flexibility index (Phi) is 5.74. The van der Waals surface area contributed by atoms with Crippen molar-refractivity contribution in [3.63, 3.8) is 0 Å². The highest BCUT2D eigenvalue weighted by molar-refractivity contribution is 5.50. The third kappa shape index (κ3) is 3.82. The Bertz CT molecular complexity index is 430. The molecule has 1 aromatic carbocycles. The van der Waals surface area contributed by atoms with Crippen LogP contribution in [-0.2, 0) is 6.54 Å². The van der Waals surface area contributed by atoms with E-state index in [0.717, 1.165) is 35.3 Å². The van der Waals surface area contributed by atoms with Gasteiger partial charge in [-0.15, -0.1) is 0 Å². The highest BCUT2D eigenvalue weighted by Crippen LogP contribution is 2.34. The Morgan fingerprint density at radius 3 is 2.10 bits per heavy atom. The summed E-state index contributed by atoms with van der Waals surface area (Å²) in [6, 6.07) is 4.32. The van der Waals surface area contributed by atoms with Crippen molar-refractivity contribution >= 4 is 0 Å². The largest absolute Gasteiger partial charge is 0.496 e. The normalized spacial score (nSPS) is 16.8. The minimum Gasteiger partial charge on any atom is -0.496 e. The van der Waals surface area contributed by atoms with Crippen LogP contribution in [0.3, 0.4) is 0 Å². The second kappa shape index (κ2) is 7.55. The van der Waals surface area contributed by atoms with Crippen LogP contribution in [0.5, 0.6) is 17.2 Å². The quantitative estimate of drug-likeness (QED) is 0.836. The zero-order valence-corrected chi connectivity index (χ0v) is 13.6. The fourth-order valence-corrected chi connectivity index (χ4v) is 3.14. The van der Waals surface area contributed by atoms with Crippen LogP contribution in [0.15, 0.2) is 12.1 Å². The average molecular weight is 293 g/mol. The van der Waals surface area contributed by atoms with Crippen LogP contribution in [0.2, 0.25) is 0 Å². The Balaban J connectivity index is 2.10. The van der Waals surface area contributed by atoms with Gasteiger partial charge >= 0.3 is 0 Å². The predicted molar refractivity (Wildman–Crippen MR) is 84.4 cm³/mol. The number of rotatable bonds is 7. The summed E-state index contributed by atoms with van der Waals surface area (Å²) >= 11 is 0. The van der Waals surface area contributed by atoms with E-state index in [1.807, 2.05) is 12.1 Å². The lowest BCUT2D eigenvalue weighted by Crippen LogP contribution is -2.32. The van der Waals surface area contributed by atoms with Crippen molar-refractivity contribution in [2.75, 3.05) is 21.3 Å². The molecule has 1 aromatic rings. The smallest absolute Gasteiger partial charge is 0.130 e.